The molecule has 0 N–H and O–H groups in total. The number of carbonyl (C=O) groups is 2. The molecule has 1 aliphatic carbocycles. The summed E-state index contributed by atoms with van der Waals surface area (Å²) in [5.74, 6) is 1.54. The first-order chi connectivity index (χ1) is 9.08. The molecular formula is C16H27NO2. The molecule has 1 heterocycles. The fourth-order valence-electron chi connectivity index (χ4n) is 3.58. The van der Waals surface area contributed by atoms with E-state index in [1.54, 1.807) is 6.92 Å². The predicted octanol–water partition coefficient (Wildman–Crippen LogP) is 3.17. The number of ketones is 1. The van der Waals surface area contributed by atoms with Crippen LogP contribution in [0.2, 0.25) is 0 Å². The zero-order valence-corrected chi connectivity index (χ0v) is 12.4. The number of nitrogens with zero attached hydrogens (tertiary/aromatic N) is 1. The molecule has 1 saturated heterocycles. The van der Waals surface area contributed by atoms with Gasteiger partial charge in [-0.3, -0.25) is 9.59 Å². The lowest BCUT2D eigenvalue weighted by molar-refractivity contribution is -0.141. The Morgan fingerprint density at radius 2 is 1.74 bits per heavy atom. The van der Waals surface area contributed by atoms with E-state index in [9.17, 15) is 9.59 Å². The molecule has 0 aromatic heterocycles. The number of amides is 1. The van der Waals surface area contributed by atoms with Gasteiger partial charge in [0.1, 0.15) is 5.78 Å². The van der Waals surface area contributed by atoms with Gasteiger partial charge in [0.2, 0.25) is 5.91 Å². The minimum absolute atomic E-state index is 0.179. The average molecular weight is 265 g/mol. The molecule has 2 fully saturated rings. The first-order valence-corrected chi connectivity index (χ1v) is 7.88. The largest absolute Gasteiger partial charge is 0.339 e. The molecule has 19 heavy (non-hydrogen) atoms. The maximum atomic E-state index is 12.7. The van der Waals surface area contributed by atoms with Crippen LogP contribution in [0, 0.1) is 11.8 Å². The van der Waals surface area contributed by atoms with Gasteiger partial charge < -0.3 is 4.90 Å². The van der Waals surface area contributed by atoms with Gasteiger partial charge >= 0.3 is 0 Å². The number of piperidine rings is 1. The van der Waals surface area contributed by atoms with Crippen molar-refractivity contribution in [2.45, 2.75) is 71.3 Å². The Labute approximate surface area is 116 Å². The second kappa shape index (κ2) is 6.53. The molecule has 0 aromatic carbocycles. The Morgan fingerprint density at radius 3 is 2.37 bits per heavy atom. The summed E-state index contributed by atoms with van der Waals surface area (Å²) < 4.78 is 0. The van der Waals surface area contributed by atoms with Crippen molar-refractivity contribution in [1.29, 1.82) is 0 Å². The van der Waals surface area contributed by atoms with Gasteiger partial charge in [0.15, 0.2) is 0 Å². The summed E-state index contributed by atoms with van der Waals surface area (Å²) in [6, 6.07) is 0.179. The van der Waals surface area contributed by atoms with E-state index in [-0.39, 0.29) is 17.7 Å². The Bertz CT molecular complexity index is 332. The molecule has 1 aliphatic heterocycles. The summed E-state index contributed by atoms with van der Waals surface area (Å²) in [4.78, 5) is 26.1. The van der Waals surface area contributed by atoms with Crippen LogP contribution in [-0.4, -0.2) is 29.2 Å². The maximum Gasteiger partial charge on any atom is 0.225 e. The van der Waals surface area contributed by atoms with Crippen LogP contribution in [0.15, 0.2) is 0 Å². The van der Waals surface area contributed by atoms with E-state index in [0.29, 0.717) is 12.3 Å². The van der Waals surface area contributed by atoms with Gasteiger partial charge in [-0.15, -0.1) is 0 Å². The Balaban J connectivity index is 1.96. The van der Waals surface area contributed by atoms with E-state index < -0.39 is 0 Å². The van der Waals surface area contributed by atoms with Gasteiger partial charge in [-0.25, -0.2) is 0 Å². The summed E-state index contributed by atoms with van der Waals surface area (Å²) in [5.41, 5.74) is 0. The van der Waals surface area contributed by atoms with E-state index in [0.717, 1.165) is 44.6 Å². The molecule has 1 atom stereocenters. The summed E-state index contributed by atoms with van der Waals surface area (Å²) in [6.07, 6.45) is 8.27. The third kappa shape index (κ3) is 3.80. The number of hydrogen-bond acceptors (Lipinski definition) is 2. The molecule has 1 saturated carbocycles. The summed E-state index contributed by atoms with van der Waals surface area (Å²) in [6.45, 7) is 4.78. The Hall–Kier alpha value is -0.860. The second-order valence-corrected chi connectivity index (χ2v) is 6.54. The molecule has 0 bridgehead atoms. The summed E-state index contributed by atoms with van der Waals surface area (Å²) in [7, 11) is 0. The summed E-state index contributed by atoms with van der Waals surface area (Å²) in [5, 5.41) is 0. The van der Waals surface area contributed by atoms with Crippen molar-refractivity contribution in [1.82, 2.24) is 4.90 Å². The van der Waals surface area contributed by atoms with Crippen LogP contribution in [0.4, 0.5) is 0 Å². The third-order valence-corrected chi connectivity index (χ3v) is 4.80. The number of Topliss-reactive ketones (excluding diaryl/α,β-unsaturated/α-hetero) is 1. The molecular weight excluding hydrogens is 238 g/mol. The smallest absolute Gasteiger partial charge is 0.225 e. The standard InChI is InChI=1S/C16H27NO2/c1-12-6-8-14(9-7-12)16(19)17-10-4-3-5-15(17)11-13(2)18/h12,14-15H,3-11H2,1-2H3. The van der Waals surface area contributed by atoms with Crippen molar-refractivity contribution >= 4 is 11.7 Å². The first kappa shape index (κ1) is 14.5. The topological polar surface area (TPSA) is 37.4 Å². The molecule has 0 radical (unpaired) electrons. The zero-order valence-electron chi connectivity index (χ0n) is 12.4. The third-order valence-electron chi connectivity index (χ3n) is 4.80. The fourth-order valence-corrected chi connectivity index (χ4v) is 3.58. The second-order valence-electron chi connectivity index (χ2n) is 6.54. The highest BCUT2D eigenvalue weighted by atomic mass is 16.2. The van der Waals surface area contributed by atoms with E-state index in [1.165, 1.54) is 12.8 Å². The molecule has 0 aromatic rings. The van der Waals surface area contributed by atoms with Crippen molar-refractivity contribution in [3.8, 4) is 0 Å². The number of carbonyl (C=O) groups excluding carboxylic acids is 2. The molecule has 3 heteroatoms. The maximum absolute atomic E-state index is 12.7. The van der Waals surface area contributed by atoms with Crippen LogP contribution < -0.4 is 0 Å². The number of likely N-dealkylation sites (tertiary alicyclic amines) is 1. The lowest BCUT2D eigenvalue weighted by atomic mass is 9.81. The van der Waals surface area contributed by atoms with Crippen molar-refractivity contribution in [3.05, 3.63) is 0 Å². The van der Waals surface area contributed by atoms with Gasteiger partial charge in [0.25, 0.3) is 0 Å². The van der Waals surface area contributed by atoms with Gasteiger partial charge in [0, 0.05) is 24.9 Å². The highest BCUT2D eigenvalue weighted by Crippen LogP contribution is 2.31. The van der Waals surface area contributed by atoms with Crippen molar-refractivity contribution in [2.75, 3.05) is 6.54 Å². The van der Waals surface area contributed by atoms with Crippen molar-refractivity contribution in [2.24, 2.45) is 11.8 Å². The number of hydrogen-bond donors (Lipinski definition) is 0. The van der Waals surface area contributed by atoms with Crippen molar-refractivity contribution < 1.29 is 9.59 Å². The molecule has 1 unspecified atom stereocenters. The Kier molecular flexibility index (Phi) is 5.00. The molecule has 108 valence electrons. The van der Waals surface area contributed by atoms with Crippen LogP contribution in [0.25, 0.3) is 0 Å². The minimum atomic E-state index is 0.179. The van der Waals surface area contributed by atoms with Crippen LogP contribution >= 0.6 is 0 Å². The predicted molar refractivity (Wildman–Crippen MR) is 75.8 cm³/mol. The molecule has 2 aliphatic rings. The average Bonchev–Trinajstić information content (AvgIpc) is 2.39. The lowest BCUT2D eigenvalue weighted by Gasteiger charge is -2.39. The normalized spacial score (nSPS) is 32.1. The number of rotatable bonds is 3. The molecule has 1 amide bonds. The zero-order chi connectivity index (χ0) is 13.8. The highest BCUT2D eigenvalue weighted by Gasteiger charge is 2.33. The van der Waals surface area contributed by atoms with Crippen LogP contribution in [0.3, 0.4) is 0 Å². The van der Waals surface area contributed by atoms with E-state index >= 15 is 0 Å². The molecule has 3 nitrogen and oxygen atoms in total. The lowest BCUT2D eigenvalue weighted by Crippen LogP contribution is -2.47. The van der Waals surface area contributed by atoms with Crippen molar-refractivity contribution in [3.63, 3.8) is 0 Å². The van der Waals surface area contributed by atoms with Gasteiger partial charge in [-0.2, -0.15) is 0 Å². The van der Waals surface area contributed by atoms with Crippen LogP contribution in [0.5, 0.6) is 0 Å². The van der Waals surface area contributed by atoms with Gasteiger partial charge in [-0.1, -0.05) is 6.92 Å². The van der Waals surface area contributed by atoms with Gasteiger partial charge in [-0.05, 0) is 57.8 Å². The SMILES string of the molecule is CC(=O)CC1CCCCN1C(=O)C1CCC(C)CC1. The van der Waals surface area contributed by atoms with E-state index in [4.69, 9.17) is 0 Å². The van der Waals surface area contributed by atoms with Gasteiger partial charge in [0.05, 0.1) is 0 Å². The fraction of sp³-hybridized carbons (Fsp3) is 0.875. The quantitative estimate of drug-likeness (QED) is 0.786. The molecule has 0 spiro atoms. The Morgan fingerprint density at radius 1 is 1.05 bits per heavy atom. The van der Waals surface area contributed by atoms with E-state index in [2.05, 4.69) is 6.92 Å². The van der Waals surface area contributed by atoms with Crippen LogP contribution in [0.1, 0.15) is 65.2 Å². The molecule has 2 rings (SSSR count). The monoisotopic (exact) mass is 265 g/mol. The first-order valence-electron chi connectivity index (χ1n) is 7.88. The van der Waals surface area contributed by atoms with Crippen LogP contribution in [-0.2, 0) is 9.59 Å². The highest BCUT2D eigenvalue weighted by molar-refractivity contribution is 5.81. The summed E-state index contributed by atoms with van der Waals surface area (Å²) >= 11 is 0. The van der Waals surface area contributed by atoms with E-state index in [1.807, 2.05) is 4.90 Å². The minimum Gasteiger partial charge on any atom is -0.339 e.